The molecule has 0 spiro atoms. The molecule has 1 unspecified atom stereocenters. The van der Waals surface area contributed by atoms with Crippen LogP contribution in [-0.2, 0) is 4.74 Å². The second-order valence-electron chi connectivity index (χ2n) is 4.09. The molecular weight excluding hydrogens is 202 g/mol. The zero-order valence-corrected chi connectivity index (χ0v) is 9.10. The first-order chi connectivity index (χ1) is 7.93. The van der Waals surface area contributed by atoms with E-state index in [1.54, 1.807) is 0 Å². The highest BCUT2D eigenvalue weighted by Crippen LogP contribution is 2.16. The summed E-state index contributed by atoms with van der Waals surface area (Å²) in [5.41, 5.74) is 2.24. The fourth-order valence-corrected chi connectivity index (χ4v) is 2.07. The number of imidazole rings is 1. The Balaban J connectivity index is 1.91. The summed E-state index contributed by atoms with van der Waals surface area (Å²) in [5, 5.41) is 3.50. The third-order valence-electron chi connectivity index (χ3n) is 2.95. The summed E-state index contributed by atoms with van der Waals surface area (Å²) in [6.45, 7) is 2.63. The van der Waals surface area contributed by atoms with Crippen molar-refractivity contribution in [1.82, 2.24) is 14.7 Å². The van der Waals surface area contributed by atoms with E-state index in [-0.39, 0.29) is 0 Å². The van der Waals surface area contributed by atoms with E-state index < -0.39 is 0 Å². The first kappa shape index (κ1) is 9.81. The number of hydrogen-bond donors (Lipinski definition) is 1. The molecule has 0 aromatic carbocycles. The highest BCUT2D eigenvalue weighted by molar-refractivity contribution is 5.40. The molecule has 1 saturated heterocycles. The van der Waals surface area contributed by atoms with Gasteiger partial charge in [-0.3, -0.25) is 0 Å². The second kappa shape index (κ2) is 4.23. The highest BCUT2D eigenvalue weighted by atomic mass is 16.5. The molecule has 0 saturated carbocycles. The van der Waals surface area contributed by atoms with E-state index in [4.69, 9.17) is 4.74 Å². The molecule has 3 rings (SSSR count). The number of ether oxygens (including phenoxy) is 1. The van der Waals surface area contributed by atoms with Crippen molar-refractivity contribution in [2.45, 2.75) is 12.5 Å². The van der Waals surface area contributed by atoms with Gasteiger partial charge in [-0.2, -0.15) is 0 Å². The Kier molecular flexibility index (Phi) is 2.60. The van der Waals surface area contributed by atoms with Crippen LogP contribution in [0.3, 0.4) is 0 Å². The minimum Gasteiger partial charge on any atom is -0.379 e. The number of nitrogens with one attached hydrogen (secondary N) is 1. The largest absolute Gasteiger partial charge is 0.379 e. The molecule has 1 atom stereocenters. The molecule has 0 amide bonds. The van der Waals surface area contributed by atoms with Crippen LogP contribution in [0.1, 0.15) is 18.0 Å². The van der Waals surface area contributed by atoms with Crippen LogP contribution >= 0.6 is 0 Å². The van der Waals surface area contributed by atoms with Gasteiger partial charge in [0.1, 0.15) is 5.65 Å². The molecule has 0 radical (unpaired) electrons. The predicted octanol–water partition coefficient (Wildman–Crippen LogP) is 1.39. The average Bonchev–Trinajstić information content (AvgIpc) is 2.61. The zero-order valence-electron chi connectivity index (χ0n) is 9.10. The number of hydrogen-bond acceptors (Lipinski definition) is 3. The molecule has 0 aliphatic carbocycles. The van der Waals surface area contributed by atoms with Crippen molar-refractivity contribution in [2.24, 2.45) is 0 Å². The first-order valence-corrected chi connectivity index (χ1v) is 5.67. The quantitative estimate of drug-likeness (QED) is 0.784. The summed E-state index contributed by atoms with van der Waals surface area (Å²) in [6, 6.07) is 4.46. The Hall–Kier alpha value is -1.39. The second-order valence-corrected chi connectivity index (χ2v) is 4.09. The van der Waals surface area contributed by atoms with E-state index in [0.717, 1.165) is 31.8 Å². The highest BCUT2D eigenvalue weighted by Gasteiger charge is 2.14. The van der Waals surface area contributed by atoms with Crippen LogP contribution in [0.4, 0.5) is 0 Å². The lowest BCUT2D eigenvalue weighted by molar-refractivity contribution is 0.131. The molecule has 4 nitrogen and oxygen atoms in total. The Morgan fingerprint density at radius 3 is 3.44 bits per heavy atom. The molecule has 2 aromatic rings. The van der Waals surface area contributed by atoms with Crippen molar-refractivity contribution in [2.75, 3.05) is 19.8 Å². The molecule has 3 heterocycles. The van der Waals surface area contributed by atoms with Crippen molar-refractivity contribution in [3.8, 4) is 0 Å². The summed E-state index contributed by atoms with van der Waals surface area (Å²) >= 11 is 0. The van der Waals surface area contributed by atoms with Crippen LogP contribution in [0, 0.1) is 0 Å². The average molecular weight is 217 g/mol. The fraction of sp³-hybridized carbons (Fsp3) is 0.417. The lowest BCUT2D eigenvalue weighted by atomic mass is 10.1. The van der Waals surface area contributed by atoms with Gasteiger partial charge in [-0.05, 0) is 24.6 Å². The Bertz CT molecular complexity index is 472. The third-order valence-corrected chi connectivity index (χ3v) is 2.95. The number of pyridine rings is 1. The summed E-state index contributed by atoms with van der Waals surface area (Å²) in [5.74, 6) is 0. The zero-order chi connectivity index (χ0) is 10.8. The Morgan fingerprint density at radius 1 is 1.44 bits per heavy atom. The molecule has 1 N–H and O–H groups in total. The van der Waals surface area contributed by atoms with Crippen LogP contribution < -0.4 is 5.32 Å². The summed E-state index contributed by atoms with van der Waals surface area (Å²) in [4.78, 5) is 4.23. The standard InChI is InChI=1S/C12H15N3O/c1-4-13-11(9-16-7-1)10-2-3-12-14-5-6-15(12)8-10/h2-3,5-6,8,11,13H,1,4,7,9H2. The van der Waals surface area contributed by atoms with Crippen LogP contribution in [0.5, 0.6) is 0 Å². The van der Waals surface area contributed by atoms with Crippen LogP contribution in [0.15, 0.2) is 30.7 Å². The lowest BCUT2D eigenvalue weighted by Gasteiger charge is -2.15. The van der Waals surface area contributed by atoms with E-state index >= 15 is 0 Å². The van der Waals surface area contributed by atoms with Gasteiger partial charge in [0.2, 0.25) is 0 Å². The van der Waals surface area contributed by atoms with Gasteiger partial charge in [-0.1, -0.05) is 6.07 Å². The van der Waals surface area contributed by atoms with E-state index in [1.165, 1.54) is 5.56 Å². The van der Waals surface area contributed by atoms with Crippen LogP contribution in [-0.4, -0.2) is 29.1 Å². The smallest absolute Gasteiger partial charge is 0.136 e. The van der Waals surface area contributed by atoms with E-state index in [1.807, 2.05) is 22.9 Å². The Labute approximate surface area is 94.3 Å². The van der Waals surface area contributed by atoms with Crippen LogP contribution in [0.25, 0.3) is 5.65 Å². The molecule has 1 aliphatic rings. The maximum atomic E-state index is 5.57. The summed E-state index contributed by atoms with van der Waals surface area (Å²) < 4.78 is 7.61. The monoisotopic (exact) mass is 217 g/mol. The van der Waals surface area contributed by atoms with Gasteiger partial charge in [0, 0.05) is 25.2 Å². The van der Waals surface area contributed by atoms with Crippen molar-refractivity contribution in [1.29, 1.82) is 0 Å². The first-order valence-electron chi connectivity index (χ1n) is 5.67. The summed E-state index contributed by atoms with van der Waals surface area (Å²) in [6.07, 6.45) is 6.99. The molecule has 2 aromatic heterocycles. The number of nitrogens with zero attached hydrogens (tertiary/aromatic N) is 2. The maximum absolute atomic E-state index is 5.57. The predicted molar refractivity (Wildman–Crippen MR) is 61.4 cm³/mol. The molecule has 84 valence electrons. The molecule has 0 bridgehead atoms. The number of fused-ring (bicyclic) bond motifs is 1. The topological polar surface area (TPSA) is 38.6 Å². The molecule has 1 aliphatic heterocycles. The van der Waals surface area contributed by atoms with E-state index in [2.05, 4.69) is 22.6 Å². The van der Waals surface area contributed by atoms with Crippen molar-refractivity contribution >= 4 is 5.65 Å². The van der Waals surface area contributed by atoms with Gasteiger partial charge in [0.05, 0.1) is 12.6 Å². The minimum absolute atomic E-state index is 0.300. The van der Waals surface area contributed by atoms with Crippen molar-refractivity contribution < 1.29 is 4.74 Å². The van der Waals surface area contributed by atoms with E-state index in [0.29, 0.717) is 6.04 Å². The van der Waals surface area contributed by atoms with Gasteiger partial charge >= 0.3 is 0 Å². The molecular formula is C12H15N3O. The molecule has 16 heavy (non-hydrogen) atoms. The fourth-order valence-electron chi connectivity index (χ4n) is 2.07. The maximum Gasteiger partial charge on any atom is 0.136 e. The van der Waals surface area contributed by atoms with Gasteiger partial charge in [-0.25, -0.2) is 4.98 Å². The normalized spacial score (nSPS) is 22.1. The van der Waals surface area contributed by atoms with Gasteiger partial charge in [0.15, 0.2) is 0 Å². The summed E-state index contributed by atoms with van der Waals surface area (Å²) in [7, 11) is 0. The van der Waals surface area contributed by atoms with Crippen LogP contribution in [0.2, 0.25) is 0 Å². The van der Waals surface area contributed by atoms with Gasteiger partial charge in [-0.15, -0.1) is 0 Å². The third kappa shape index (κ3) is 1.81. The van der Waals surface area contributed by atoms with Crippen molar-refractivity contribution in [3.05, 3.63) is 36.3 Å². The SMILES string of the molecule is c1cn2cc(C3COCCCN3)ccc2n1. The van der Waals surface area contributed by atoms with Gasteiger partial charge < -0.3 is 14.5 Å². The Morgan fingerprint density at radius 2 is 2.44 bits per heavy atom. The van der Waals surface area contributed by atoms with E-state index in [9.17, 15) is 0 Å². The molecule has 4 heteroatoms. The number of aromatic nitrogens is 2. The molecule has 1 fully saturated rings. The minimum atomic E-state index is 0.300. The van der Waals surface area contributed by atoms with Crippen molar-refractivity contribution in [3.63, 3.8) is 0 Å². The van der Waals surface area contributed by atoms with Gasteiger partial charge in [0.25, 0.3) is 0 Å². The number of rotatable bonds is 1. The lowest BCUT2D eigenvalue weighted by Crippen LogP contribution is -2.23.